The Hall–Kier alpha value is -2.11. The third-order valence-corrected chi connectivity index (χ3v) is 1.96. The minimum Gasteiger partial charge on any atom is -0.478 e. The van der Waals surface area contributed by atoms with Gasteiger partial charge in [-0.1, -0.05) is 12.2 Å². The summed E-state index contributed by atoms with van der Waals surface area (Å²) in [7, 11) is 0. The van der Waals surface area contributed by atoms with Gasteiger partial charge in [-0.25, -0.2) is 9.59 Å². The van der Waals surface area contributed by atoms with E-state index < -0.39 is 17.9 Å². The Labute approximate surface area is 92.0 Å². The summed E-state index contributed by atoms with van der Waals surface area (Å²) in [4.78, 5) is 32.3. The highest BCUT2D eigenvalue weighted by Crippen LogP contribution is 2.08. The van der Waals surface area contributed by atoms with Crippen molar-refractivity contribution in [2.24, 2.45) is 0 Å². The van der Waals surface area contributed by atoms with Crippen LogP contribution in [0.25, 0.3) is 0 Å². The van der Waals surface area contributed by atoms with E-state index in [1.165, 1.54) is 0 Å². The summed E-state index contributed by atoms with van der Waals surface area (Å²) in [6, 6.07) is -0.606. The summed E-state index contributed by atoms with van der Waals surface area (Å²) in [5.74, 6) is -2.00. The van der Waals surface area contributed by atoms with Gasteiger partial charge in [0.1, 0.15) is 0 Å². The molecule has 0 unspecified atom stereocenters. The van der Waals surface area contributed by atoms with Crippen LogP contribution >= 0.6 is 0 Å². The van der Waals surface area contributed by atoms with Crippen LogP contribution in [0, 0.1) is 0 Å². The van der Waals surface area contributed by atoms with Crippen molar-refractivity contribution in [3.8, 4) is 0 Å². The van der Waals surface area contributed by atoms with E-state index in [4.69, 9.17) is 5.11 Å². The zero-order valence-corrected chi connectivity index (χ0v) is 8.47. The van der Waals surface area contributed by atoms with Crippen LogP contribution in [-0.2, 0) is 9.59 Å². The maximum Gasteiger partial charge on any atom is 0.328 e. The Kier molecular flexibility index (Phi) is 4.26. The second-order valence-electron chi connectivity index (χ2n) is 3.27. The summed E-state index contributed by atoms with van der Waals surface area (Å²) >= 11 is 0. The molecule has 6 heteroatoms. The average Bonchev–Trinajstić information content (AvgIpc) is 2.67. The van der Waals surface area contributed by atoms with E-state index in [1.54, 1.807) is 0 Å². The lowest BCUT2D eigenvalue weighted by molar-refractivity contribution is -0.131. The molecule has 0 saturated heterocycles. The molecule has 0 aromatic rings. The van der Waals surface area contributed by atoms with E-state index in [9.17, 15) is 14.4 Å². The maximum absolute atomic E-state index is 11.2. The standard InChI is InChI=1S/C10H12N2O4/c13-8(5-6-9(14)15)12-10(16)11-7-3-1-2-4-7/h1-2,5-7H,3-4H2,(H,14,15)(H2,11,12,13,16)/b6-5+. The number of imide groups is 1. The summed E-state index contributed by atoms with van der Waals surface area (Å²) in [5.41, 5.74) is 0. The molecule has 1 rings (SSSR count). The van der Waals surface area contributed by atoms with Crippen LogP contribution in [-0.4, -0.2) is 29.1 Å². The number of carboxylic acid groups (broad SMARTS) is 1. The molecule has 1 aliphatic rings. The third kappa shape index (κ3) is 4.41. The number of rotatable bonds is 3. The fraction of sp³-hybridized carbons (Fsp3) is 0.300. The molecule has 0 bridgehead atoms. The Morgan fingerprint density at radius 2 is 1.81 bits per heavy atom. The molecule has 0 heterocycles. The first-order valence-corrected chi connectivity index (χ1v) is 4.75. The van der Waals surface area contributed by atoms with E-state index >= 15 is 0 Å². The fourth-order valence-corrected chi connectivity index (χ4v) is 1.26. The highest BCUT2D eigenvalue weighted by molar-refractivity contribution is 6.02. The number of carboxylic acids is 1. The second-order valence-corrected chi connectivity index (χ2v) is 3.27. The van der Waals surface area contributed by atoms with Gasteiger partial charge < -0.3 is 10.4 Å². The molecule has 0 atom stereocenters. The van der Waals surface area contributed by atoms with Crippen LogP contribution in [0.4, 0.5) is 4.79 Å². The third-order valence-electron chi connectivity index (χ3n) is 1.96. The maximum atomic E-state index is 11.2. The van der Waals surface area contributed by atoms with Crippen molar-refractivity contribution in [3.05, 3.63) is 24.3 Å². The smallest absolute Gasteiger partial charge is 0.328 e. The van der Waals surface area contributed by atoms with Crippen molar-refractivity contribution >= 4 is 17.9 Å². The number of carbonyl (C=O) groups excluding carboxylic acids is 2. The van der Waals surface area contributed by atoms with Gasteiger partial charge in [-0.15, -0.1) is 0 Å². The molecular weight excluding hydrogens is 212 g/mol. The SMILES string of the molecule is O=C(O)/C=C/C(=O)NC(=O)NC1CC=CC1. The molecule has 0 fully saturated rings. The molecule has 1 aliphatic carbocycles. The van der Waals surface area contributed by atoms with Crippen LogP contribution in [0.15, 0.2) is 24.3 Å². The molecule has 0 radical (unpaired) electrons. The highest BCUT2D eigenvalue weighted by Gasteiger charge is 2.13. The lowest BCUT2D eigenvalue weighted by Crippen LogP contribution is -2.43. The molecular formula is C10H12N2O4. The molecule has 0 aliphatic heterocycles. The Morgan fingerprint density at radius 1 is 1.19 bits per heavy atom. The molecule has 0 aromatic heterocycles. The van der Waals surface area contributed by atoms with Gasteiger partial charge in [-0.2, -0.15) is 0 Å². The lowest BCUT2D eigenvalue weighted by atomic mass is 10.2. The van der Waals surface area contributed by atoms with Crippen molar-refractivity contribution in [3.63, 3.8) is 0 Å². The van der Waals surface area contributed by atoms with Gasteiger partial charge in [0, 0.05) is 18.2 Å². The van der Waals surface area contributed by atoms with E-state index in [-0.39, 0.29) is 6.04 Å². The van der Waals surface area contributed by atoms with E-state index in [0.717, 1.165) is 18.9 Å². The van der Waals surface area contributed by atoms with Crippen molar-refractivity contribution in [2.75, 3.05) is 0 Å². The molecule has 0 aromatic carbocycles. The van der Waals surface area contributed by atoms with Crippen LogP contribution in [0.2, 0.25) is 0 Å². The van der Waals surface area contributed by atoms with Crippen LogP contribution in [0.3, 0.4) is 0 Å². The summed E-state index contributed by atoms with van der Waals surface area (Å²) in [6.07, 6.45) is 6.82. The van der Waals surface area contributed by atoms with Gasteiger partial charge in [0.2, 0.25) is 0 Å². The minimum atomic E-state index is -1.24. The van der Waals surface area contributed by atoms with Gasteiger partial charge in [0.05, 0.1) is 0 Å². The first kappa shape index (κ1) is 12.0. The Balaban J connectivity index is 2.28. The number of amides is 3. The zero-order valence-electron chi connectivity index (χ0n) is 8.47. The predicted octanol–water partition coefficient (Wildman–Crippen LogP) is 0.172. The van der Waals surface area contributed by atoms with Crippen molar-refractivity contribution in [1.82, 2.24) is 10.6 Å². The molecule has 16 heavy (non-hydrogen) atoms. The molecule has 3 amide bonds. The number of urea groups is 1. The van der Waals surface area contributed by atoms with E-state index in [1.807, 2.05) is 17.5 Å². The summed E-state index contributed by atoms with van der Waals surface area (Å²) in [5, 5.41) is 12.8. The monoisotopic (exact) mass is 224 g/mol. The zero-order chi connectivity index (χ0) is 12.0. The average molecular weight is 224 g/mol. The normalized spacial score (nSPS) is 15.2. The van der Waals surface area contributed by atoms with Gasteiger partial charge in [0.25, 0.3) is 5.91 Å². The number of carbonyl (C=O) groups is 3. The lowest BCUT2D eigenvalue weighted by Gasteiger charge is -2.11. The van der Waals surface area contributed by atoms with E-state index in [0.29, 0.717) is 6.08 Å². The van der Waals surface area contributed by atoms with Gasteiger partial charge in [-0.3, -0.25) is 10.1 Å². The topological polar surface area (TPSA) is 95.5 Å². The van der Waals surface area contributed by atoms with Gasteiger partial charge in [0.15, 0.2) is 0 Å². The van der Waals surface area contributed by atoms with Crippen LogP contribution < -0.4 is 10.6 Å². The summed E-state index contributed by atoms with van der Waals surface area (Å²) < 4.78 is 0. The second kappa shape index (κ2) is 5.69. The van der Waals surface area contributed by atoms with E-state index in [2.05, 4.69) is 5.32 Å². The van der Waals surface area contributed by atoms with Gasteiger partial charge in [-0.05, 0) is 12.8 Å². The number of hydrogen-bond donors (Lipinski definition) is 3. The van der Waals surface area contributed by atoms with Crippen molar-refractivity contribution < 1.29 is 19.5 Å². The number of hydrogen-bond acceptors (Lipinski definition) is 3. The van der Waals surface area contributed by atoms with Crippen molar-refractivity contribution in [2.45, 2.75) is 18.9 Å². The highest BCUT2D eigenvalue weighted by atomic mass is 16.4. The fourth-order valence-electron chi connectivity index (χ4n) is 1.26. The molecule has 0 spiro atoms. The minimum absolute atomic E-state index is 0.0104. The number of nitrogens with one attached hydrogen (secondary N) is 2. The van der Waals surface area contributed by atoms with Crippen LogP contribution in [0.5, 0.6) is 0 Å². The Bertz CT molecular complexity index is 352. The number of aliphatic carboxylic acids is 1. The molecule has 86 valence electrons. The molecule has 6 nitrogen and oxygen atoms in total. The summed E-state index contributed by atoms with van der Waals surface area (Å²) in [6.45, 7) is 0. The first-order valence-electron chi connectivity index (χ1n) is 4.75. The largest absolute Gasteiger partial charge is 0.478 e. The van der Waals surface area contributed by atoms with Crippen LogP contribution in [0.1, 0.15) is 12.8 Å². The van der Waals surface area contributed by atoms with Gasteiger partial charge >= 0.3 is 12.0 Å². The predicted molar refractivity (Wildman–Crippen MR) is 55.6 cm³/mol. The quantitative estimate of drug-likeness (QED) is 0.470. The molecule has 0 saturated carbocycles. The Morgan fingerprint density at radius 3 is 2.38 bits per heavy atom. The molecule has 3 N–H and O–H groups in total. The first-order chi connectivity index (χ1) is 7.58. The van der Waals surface area contributed by atoms with Crippen molar-refractivity contribution in [1.29, 1.82) is 0 Å².